The van der Waals surface area contributed by atoms with Gasteiger partial charge < -0.3 is 5.73 Å². The van der Waals surface area contributed by atoms with Gasteiger partial charge >= 0.3 is 0 Å². The molecule has 0 unspecified atom stereocenters. The van der Waals surface area contributed by atoms with Gasteiger partial charge in [-0.05, 0) is 17.7 Å². The number of nitro groups is 1. The van der Waals surface area contributed by atoms with Crippen LogP contribution in [0.2, 0.25) is 0 Å². The molecule has 2 aromatic carbocycles. The topological polar surface area (TPSA) is 94.9 Å². The van der Waals surface area contributed by atoms with Crippen molar-refractivity contribution in [3.8, 4) is 22.5 Å². The van der Waals surface area contributed by atoms with Gasteiger partial charge in [0.2, 0.25) is 0 Å². The lowest BCUT2D eigenvalue weighted by atomic mass is 10.1. The van der Waals surface area contributed by atoms with E-state index in [1.807, 2.05) is 30.3 Å². The van der Waals surface area contributed by atoms with Gasteiger partial charge in [-0.15, -0.1) is 0 Å². The highest BCUT2D eigenvalue weighted by Crippen LogP contribution is 2.27. The summed E-state index contributed by atoms with van der Waals surface area (Å²) in [6, 6.07) is 15.7. The number of benzene rings is 2. The van der Waals surface area contributed by atoms with Crippen LogP contribution in [0, 0.1) is 10.1 Å². The number of nitrogen functional groups attached to an aromatic ring is 1. The van der Waals surface area contributed by atoms with Crippen LogP contribution in [0.15, 0.2) is 60.8 Å². The summed E-state index contributed by atoms with van der Waals surface area (Å²) >= 11 is 0. The Morgan fingerprint density at radius 1 is 0.955 bits per heavy atom. The molecule has 0 amide bonds. The lowest BCUT2D eigenvalue weighted by Crippen LogP contribution is -1.99. The molecule has 3 aromatic rings. The number of anilines is 1. The van der Waals surface area contributed by atoms with E-state index in [1.54, 1.807) is 18.3 Å². The summed E-state index contributed by atoms with van der Waals surface area (Å²) in [6.07, 6.45) is 1.63. The Labute approximate surface area is 126 Å². The number of hydrogen-bond donors (Lipinski definition) is 1. The third-order valence-corrected chi connectivity index (χ3v) is 3.24. The molecule has 22 heavy (non-hydrogen) atoms. The maximum atomic E-state index is 10.7. The van der Waals surface area contributed by atoms with Crippen LogP contribution in [0.3, 0.4) is 0 Å². The largest absolute Gasteiger partial charge is 0.383 e. The number of nitro benzene ring substituents is 1. The maximum absolute atomic E-state index is 10.7. The van der Waals surface area contributed by atoms with E-state index in [0.717, 1.165) is 11.1 Å². The van der Waals surface area contributed by atoms with Gasteiger partial charge in [-0.3, -0.25) is 10.1 Å². The summed E-state index contributed by atoms with van der Waals surface area (Å²) in [5.74, 6) is 0.881. The normalized spacial score (nSPS) is 10.4. The van der Waals surface area contributed by atoms with Crippen molar-refractivity contribution in [2.24, 2.45) is 0 Å². The van der Waals surface area contributed by atoms with E-state index >= 15 is 0 Å². The van der Waals surface area contributed by atoms with Crippen LogP contribution in [0.5, 0.6) is 0 Å². The molecule has 2 N–H and O–H groups in total. The van der Waals surface area contributed by atoms with Crippen molar-refractivity contribution in [3.63, 3.8) is 0 Å². The number of hydrogen-bond acceptors (Lipinski definition) is 5. The minimum absolute atomic E-state index is 0.0316. The van der Waals surface area contributed by atoms with E-state index in [0.29, 0.717) is 17.2 Å². The van der Waals surface area contributed by atoms with Crippen LogP contribution >= 0.6 is 0 Å². The first kappa shape index (κ1) is 13.7. The van der Waals surface area contributed by atoms with E-state index < -0.39 is 4.92 Å². The predicted octanol–water partition coefficient (Wildman–Crippen LogP) is 3.30. The number of rotatable bonds is 3. The van der Waals surface area contributed by atoms with Crippen molar-refractivity contribution in [2.75, 3.05) is 5.73 Å². The van der Waals surface area contributed by atoms with Crippen LogP contribution in [0.25, 0.3) is 22.5 Å². The molecule has 3 rings (SSSR count). The second kappa shape index (κ2) is 5.61. The summed E-state index contributed by atoms with van der Waals surface area (Å²) in [6.45, 7) is 0. The molecule has 0 saturated carbocycles. The van der Waals surface area contributed by atoms with Crippen molar-refractivity contribution in [1.82, 2.24) is 9.97 Å². The monoisotopic (exact) mass is 292 g/mol. The minimum atomic E-state index is -0.442. The van der Waals surface area contributed by atoms with Crippen molar-refractivity contribution in [2.45, 2.75) is 0 Å². The molecule has 0 saturated heterocycles. The van der Waals surface area contributed by atoms with Crippen LogP contribution < -0.4 is 5.73 Å². The van der Waals surface area contributed by atoms with Crippen molar-refractivity contribution < 1.29 is 4.92 Å². The summed E-state index contributed by atoms with van der Waals surface area (Å²) < 4.78 is 0. The van der Waals surface area contributed by atoms with Crippen molar-refractivity contribution in [1.29, 1.82) is 0 Å². The van der Waals surface area contributed by atoms with Crippen LogP contribution in [-0.4, -0.2) is 14.9 Å². The Hall–Kier alpha value is -3.28. The molecule has 0 spiro atoms. The average Bonchev–Trinajstić information content (AvgIpc) is 2.56. The molecular weight excluding hydrogens is 280 g/mol. The number of aromatic nitrogens is 2. The zero-order valence-electron chi connectivity index (χ0n) is 11.5. The lowest BCUT2D eigenvalue weighted by Gasteiger charge is -2.07. The Kier molecular flexibility index (Phi) is 3.49. The van der Waals surface area contributed by atoms with Gasteiger partial charge in [0.05, 0.1) is 4.92 Å². The fourth-order valence-electron chi connectivity index (χ4n) is 2.11. The first-order chi connectivity index (χ1) is 10.6. The van der Waals surface area contributed by atoms with Crippen LogP contribution in [-0.2, 0) is 0 Å². The molecule has 0 fully saturated rings. The molecule has 6 heteroatoms. The molecule has 6 nitrogen and oxygen atoms in total. The highest BCUT2D eigenvalue weighted by Gasteiger charge is 2.10. The van der Waals surface area contributed by atoms with Gasteiger partial charge in [0.25, 0.3) is 5.69 Å². The predicted molar refractivity (Wildman–Crippen MR) is 84.0 cm³/mol. The Bertz CT molecular complexity index is 817. The fraction of sp³-hybridized carbons (Fsp3) is 0. The third kappa shape index (κ3) is 2.62. The summed E-state index contributed by atoms with van der Waals surface area (Å²) in [7, 11) is 0. The molecule has 0 aliphatic rings. The van der Waals surface area contributed by atoms with Gasteiger partial charge in [-0.2, -0.15) is 0 Å². The Morgan fingerprint density at radius 3 is 2.23 bits per heavy atom. The van der Waals surface area contributed by atoms with Crippen molar-refractivity contribution in [3.05, 3.63) is 70.9 Å². The summed E-state index contributed by atoms with van der Waals surface area (Å²) in [5, 5.41) is 10.7. The molecule has 108 valence electrons. The van der Waals surface area contributed by atoms with Gasteiger partial charge in [0.15, 0.2) is 5.82 Å². The highest BCUT2D eigenvalue weighted by atomic mass is 16.6. The highest BCUT2D eigenvalue weighted by molar-refractivity contribution is 5.75. The second-order valence-corrected chi connectivity index (χ2v) is 4.66. The second-order valence-electron chi connectivity index (χ2n) is 4.66. The molecule has 1 heterocycles. The molecule has 0 bridgehead atoms. The number of non-ortho nitro benzene ring substituents is 1. The van der Waals surface area contributed by atoms with Crippen LogP contribution in [0.4, 0.5) is 11.5 Å². The first-order valence-corrected chi connectivity index (χ1v) is 6.58. The molecule has 0 atom stereocenters. The first-order valence-electron chi connectivity index (χ1n) is 6.58. The third-order valence-electron chi connectivity index (χ3n) is 3.24. The van der Waals surface area contributed by atoms with E-state index in [1.165, 1.54) is 12.1 Å². The van der Waals surface area contributed by atoms with Gasteiger partial charge in [0, 0.05) is 29.5 Å². The zero-order valence-corrected chi connectivity index (χ0v) is 11.5. The average molecular weight is 292 g/mol. The maximum Gasteiger partial charge on any atom is 0.269 e. The number of nitrogens with zero attached hydrogens (tertiary/aromatic N) is 3. The zero-order chi connectivity index (χ0) is 15.5. The number of nitrogens with two attached hydrogens (primary N) is 1. The van der Waals surface area contributed by atoms with Crippen molar-refractivity contribution >= 4 is 11.5 Å². The summed E-state index contributed by atoms with van der Waals surface area (Å²) in [4.78, 5) is 18.9. The Balaban J connectivity index is 1.97. The molecule has 0 aliphatic carbocycles. The quantitative estimate of drug-likeness (QED) is 0.590. The molecule has 0 aliphatic heterocycles. The van der Waals surface area contributed by atoms with Crippen LogP contribution in [0.1, 0.15) is 0 Å². The Morgan fingerprint density at radius 2 is 1.64 bits per heavy atom. The molecule has 0 radical (unpaired) electrons. The standard InChI is InChI=1S/C16H12N4O2/c17-15-14(11-6-8-13(9-7-11)20(21)22)10-18-16(19-15)12-4-2-1-3-5-12/h1-10H,(H2,17,18,19). The molecule has 1 aromatic heterocycles. The van der Waals surface area contributed by atoms with E-state index in [9.17, 15) is 10.1 Å². The molecular formula is C16H12N4O2. The lowest BCUT2D eigenvalue weighted by molar-refractivity contribution is -0.384. The smallest absolute Gasteiger partial charge is 0.269 e. The van der Waals surface area contributed by atoms with Gasteiger partial charge in [-0.25, -0.2) is 9.97 Å². The summed E-state index contributed by atoms with van der Waals surface area (Å²) in [5.41, 5.74) is 8.30. The van der Waals surface area contributed by atoms with Gasteiger partial charge in [0.1, 0.15) is 5.82 Å². The SMILES string of the molecule is Nc1nc(-c2ccccc2)ncc1-c1ccc([N+](=O)[O-])cc1. The van der Waals surface area contributed by atoms with E-state index in [2.05, 4.69) is 9.97 Å². The fourth-order valence-corrected chi connectivity index (χ4v) is 2.11. The minimum Gasteiger partial charge on any atom is -0.383 e. The van der Waals surface area contributed by atoms with E-state index in [-0.39, 0.29) is 5.69 Å². The van der Waals surface area contributed by atoms with Gasteiger partial charge in [-0.1, -0.05) is 30.3 Å². The van der Waals surface area contributed by atoms with E-state index in [4.69, 9.17) is 5.73 Å².